The fourth-order valence-corrected chi connectivity index (χ4v) is 6.61. The van der Waals surface area contributed by atoms with Crippen LogP contribution in [-0.2, 0) is 16.6 Å². The van der Waals surface area contributed by atoms with E-state index in [9.17, 15) is 4.79 Å². The highest BCUT2D eigenvalue weighted by atomic mass is 16.1. The highest BCUT2D eigenvalue weighted by Gasteiger charge is 2.43. The number of rotatable bonds is 4. The summed E-state index contributed by atoms with van der Waals surface area (Å²) >= 11 is 0. The summed E-state index contributed by atoms with van der Waals surface area (Å²) in [5, 5.41) is 1.18. The van der Waals surface area contributed by atoms with Gasteiger partial charge in [0.05, 0.1) is 5.52 Å². The molecule has 0 amide bonds. The van der Waals surface area contributed by atoms with Crippen LogP contribution in [-0.4, -0.2) is 10.8 Å². The fourth-order valence-electron chi connectivity index (χ4n) is 6.61. The number of ketones is 1. The third-order valence-corrected chi connectivity index (χ3v) is 8.23. The summed E-state index contributed by atoms with van der Waals surface area (Å²) in [4.78, 5) is 18.1. The van der Waals surface area contributed by atoms with E-state index in [0.29, 0.717) is 18.1 Å². The lowest BCUT2D eigenvalue weighted by Crippen LogP contribution is -2.40. The Hall–Kier alpha value is -2.74. The fraction of sp³-hybridized carbons (Fsp3) is 0.419. The number of carbonyl (C=O) groups excluding carboxylic acids is 1. The first-order chi connectivity index (χ1) is 15.9. The number of aromatic nitrogens is 1. The maximum atomic E-state index is 13.4. The van der Waals surface area contributed by atoms with E-state index in [1.54, 1.807) is 0 Å². The number of Topliss-reactive ketones (excluding diaryl/α,β-unsaturated/α-hetero) is 1. The van der Waals surface area contributed by atoms with Gasteiger partial charge in [-0.2, -0.15) is 0 Å². The van der Waals surface area contributed by atoms with Gasteiger partial charge in [-0.25, -0.2) is 0 Å². The lowest BCUT2D eigenvalue weighted by Gasteiger charge is -2.42. The molecule has 2 nitrogen and oxygen atoms in total. The van der Waals surface area contributed by atoms with Gasteiger partial charge in [0.1, 0.15) is 5.78 Å². The number of nitrogens with zero attached hydrogens (tertiary/aromatic N) is 1. The van der Waals surface area contributed by atoms with Crippen molar-refractivity contribution < 1.29 is 4.79 Å². The van der Waals surface area contributed by atoms with E-state index in [4.69, 9.17) is 0 Å². The number of allylic oxidation sites excluding steroid dienone is 1. The summed E-state index contributed by atoms with van der Waals surface area (Å²) in [6.07, 6.45) is 10.6. The lowest BCUT2D eigenvalue weighted by molar-refractivity contribution is -0.126. The Morgan fingerprint density at radius 2 is 1.82 bits per heavy atom. The Morgan fingerprint density at radius 1 is 1.03 bits per heavy atom. The Labute approximate surface area is 198 Å². The molecule has 1 aromatic heterocycles. The van der Waals surface area contributed by atoms with Crippen LogP contribution in [0.2, 0.25) is 0 Å². The molecule has 2 aromatic carbocycles. The van der Waals surface area contributed by atoms with Crippen molar-refractivity contribution in [3.63, 3.8) is 0 Å². The molecular weight excluding hydrogens is 402 g/mol. The quantitative estimate of drug-likeness (QED) is 0.395. The molecule has 170 valence electrons. The number of benzene rings is 2. The van der Waals surface area contributed by atoms with E-state index in [-0.39, 0.29) is 11.3 Å². The summed E-state index contributed by atoms with van der Waals surface area (Å²) in [5.74, 6) is 1.03. The van der Waals surface area contributed by atoms with Crippen molar-refractivity contribution in [2.45, 2.75) is 70.6 Å². The average Bonchev–Trinajstić information content (AvgIpc) is 2.80. The minimum Gasteiger partial charge on any atom is -0.299 e. The Morgan fingerprint density at radius 3 is 2.61 bits per heavy atom. The molecule has 0 radical (unpaired) electrons. The Bertz CT molecular complexity index is 1180. The summed E-state index contributed by atoms with van der Waals surface area (Å²) in [7, 11) is 0. The summed E-state index contributed by atoms with van der Waals surface area (Å²) < 4.78 is 0. The Balaban J connectivity index is 1.41. The smallest absolute Gasteiger partial charge is 0.141 e. The van der Waals surface area contributed by atoms with Crippen molar-refractivity contribution in [2.24, 2.45) is 11.8 Å². The van der Waals surface area contributed by atoms with Crippen molar-refractivity contribution in [3.05, 3.63) is 89.1 Å². The maximum absolute atomic E-state index is 13.4. The first kappa shape index (κ1) is 22.1. The topological polar surface area (TPSA) is 30.0 Å². The van der Waals surface area contributed by atoms with Crippen LogP contribution in [0.3, 0.4) is 0 Å². The molecule has 3 aromatic rings. The van der Waals surface area contributed by atoms with Crippen LogP contribution >= 0.6 is 0 Å². The normalized spacial score (nSPS) is 24.4. The second-order valence-corrected chi connectivity index (χ2v) is 10.7. The number of fused-ring (bicyclic) bond motifs is 1. The molecule has 1 unspecified atom stereocenters. The maximum Gasteiger partial charge on any atom is 0.141 e. The number of para-hydroxylation sites is 1. The first-order valence-electron chi connectivity index (χ1n) is 12.6. The molecule has 2 saturated carbocycles. The van der Waals surface area contributed by atoms with Crippen molar-refractivity contribution >= 4 is 16.7 Å². The number of hydrogen-bond acceptors (Lipinski definition) is 2. The molecule has 2 heteroatoms. The third-order valence-electron chi connectivity index (χ3n) is 8.23. The van der Waals surface area contributed by atoms with Gasteiger partial charge in [0.25, 0.3) is 0 Å². The van der Waals surface area contributed by atoms with Gasteiger partial charge in [-0.3, -0.25) is 9.78 Å². The van der Waals surface area contributed by atoms with Crippen LogP contribution in [0, 0.1) is 18.8 Å². The van der Waals surface area contributed by atoms with Crippen LogP contribution in [0.5, 0.6) is 0 Å². The summed E-state index contributed by atoms with van der Waals surface area (Å²) in [5.41, 5.74) is 7.20. The minimum absolute atomic E-state index is 0.0885. The molecule has 0 spiro atoms. The molecule has 2 atom stereocenters. The van der Waals surface area contributed by atoms with Crippen LogP contribution in [0.25, 0.3) is 10.9 Å². The third kappa shape index (κ3) is 4.28. The van der Waals surface area contributed by atoms with Gasteiger partial charge in [-0.1, -0.05) is 74.7 Å². The van der Waals surface area contributed by atoms with Gasteiger partial charge in [-0.05, 0) is 72.9 Å². The predicted molar refractivity (Wildman–Crippen MR) is 137 cm³/mol. The van der Waals surface area contributed by atoms with Crippen LogP contribution in [0.4, 0.5) is 0 Å². The van der Waals surface area contributed by atoms with Gasteiger partial charge < -0.3 is 0 Å². The van der Waals surface area contributed by atoms with Crippen molar-refractivity contribution in [1.82, 2.24) is 4.98 Å². The van der Waals surface area contributed by atoms with E-state index in [2.05, 4.69) is 67.9 Å². The van der Waals surface area contributed by atoms with Crippen molar-refractivity contribution in [1.29, 1.82) is 0 Å². The van der Waals surface area contributed by atoms with Crippen LogP contribution < -0.4 is 0 Å². The van der Waals surface area contributed by atoms with Gasteiger partial charge in [0.2, 0.25) is 0 Å². The summed E-state index contributed by atoms with van der Waals surface area (Å²) in [6, 6.07) is 17.1. The molecule has 2 aliphatic carbocycles. The number of carbonyl (C=O) groups is 1. The molecule has 1 heterocycles. The van der Waals surface area contributed by atoms with Crippen molar-refractivity contribution in [2.75, 3.05) is 0 Å². The van der Waals surface area contributed by atoms with Crippen LogP contribution in [0.15, 0.2) is 66.9 Å². The molecule has 5 rings (SSSR count). The van der Waals surface area contributed by atoms with E-state index in [1.807, 2.05) is 12.3 Å². The predicted octanol–water partition coefficient (Wildman–Crippen LogP) is 7.51. The van der Waals surface area contributed by atoms with Crippen LogP contribution in [0.1, 0.15) is 74.1 Å². The summed E-state index contributed by atoms with van der Waals surface area (Å²) in [6.45, 7) is 8.96. The molecule has 2 fully saturated rings. The molecule has 0 aliphatic heterocycles. The second kappa shape index (κ2) is 8.89. The zero-order valence-electron chi connectivity index (χ0n) is 20.1. The Kier molecular flexibility index (Phi) is 5.95. The zero-order valence-corrected chi connectivity index (χ0v) is 20.1. The second-order valence-electron chi connectivity index (χ2n) is 10.7. The standard InChI is InChI=1S/C31H35NO/c1-21-18-31(3,19-29(33)30(21)24-10-5-4-6-11-24)27-14-9-13-25(22(27)2)16-23-17-26-12-7-8-15-28(26)32-20-23/h7-9,12-15,17,20,24,30H,1,4-6,10-11,16,18-19H2,2-3H3/t30?,31-/m0/s1. The van der Waals surface area contributed by atoms with E-state index in [0.717, 1.165) is 18.4 Å². The minimum atomic E-state index is -0.166. The van der Waals surface area contributed by atoms with Gasteiger partial charge in [-0.15, -0.1) is 0 Å². The highest BCUT2D eigenvalue weighted by Crippen LogP contribution is 2.47. The monoisotopic (exact) mass is 437 g/mol. The molecular formula is C31H35NO. The first-order valence-corrected chi connectivity index (χ1v) is 12.6. The number of pyridine rings is 1. The van der Waals surface area contributed by atoms with E-state index < -0.39 is 0 Å². The molecule has 33 heavy (non-hydrogen) atoms. The molecule has 0 N–H and O–H groups in total. The van der Waals surface area contributed by atoms with Gasteiger partial charge >= 0.3 is 0 Å². The zero-order chi connectivity index (χ0) is 23.0. The van der Waals surface area contributed by atoms with Gasteiger partial charge in [0, 0.05) is 29.3 Å². The molecule has 2 aliphatic rings. The average molecular weight is 438 g/mol. The SMILES string of the molecule is C=C1C[C@](C)(c2cccc(Cc3cnc4ccccc4c3)c2C)CC(=O)C1C1CCCCC1. The van der Waals surface area contributed by atoms with E-state index in [1.165, 1.54) is 65.3 Å². The lowest BCUT2D eigenvalue weighted by atomic mass is 9.60. The largest absolute Gasteiger partial charge is 0.299 e. The highest BCUT2D eigenvalue weighted by molar-refractivity contribution is 5.87. The number of hydrogen-bond donors (Lipinski definition) is 0. The van der Waals surface area contributed by atoms with Crippen molar-refractivity contribution in [3.8, 4) is 0 Å². The molecule has 0 bridgehead atoms. The van der Waals surface area contributed by atoms with Gasteiger partial charge in [0.15, 0.2) is 0 Å². The molecule has 0 saturated heterocycles. The van der Waals surface area contributed by atoms with E-state index >= 15 is 0 Å².